The van der Waals surface area contributed by atoms with E-state index in [2.05, 4.69) is 31.3 Å². The van der Waals surface area contributed by atoms with Crippen LogP contribution in [-0.4, -0.2) is 47.4 Å². The molecule has 1 amide bonds. The summed E-state index contributed by atoms with van der Waals surface area (Å²) in [6.07, 6.45) is 64.8. The van der Waals surface area contributed by atoms with E-state index in [-0.39, 0.29) is 18.5 Å². The predicted molar refractivity (Wildman–Crippen MR) is 283 cm³/mol. The van der Waals surface area contributed by atoms with Crippen molar-refractivity contribution in [3.8, 4) is 0 Å². The number of carbonyl (C=O) groups excluding carboxylic acids is 2. The first-order valence-electron chi connectivity index (χ1n) is 29.4. The molecule has 0 spiro atoms. The van der Waals surface area contributed by atoms with Crippen LogP contribution in [0, 0.1) is 0 Å². The van der Waals surface area contributed by atoms with Gasteiger partial charge in [-0.15, -0.1) is 0 Å². The molecule has 0 aromatic heterocycles. The van der Waals surface area contributed by atoms with Crippen LogP contribution in [0.3, 0.4) is 0 Å². The Bertz CT molecular complexity index is 970. The third kappa shape index (κ3) is 51.8. The number of nitrogens with one attached hydrogen (secondary N) is 1. The second-order valence-electron chi connectivity index (χ2n) is 20.3. The van der Waals surface area contributed by atoms with E-state index in [1.54, 1.807) is 0 Å². The lowest BCUT2D eigenvalue weighted by Gasteiger charge is -2.22. The minimum absolute atomic E-state index is 0.00636. The summed E-state index contributed by atoms with van der Waals surface area (Å²) in [5.41, 5.74) is 0. The Morgan fingerprint density at radius 2 is 0.723 bits per heavy atom. The number of allylic oxidation sites excluding steroid dienone is 2. The summed E-state index contributed by atoms with van der Waals surface area (Å²) in [6, 6.07) is -0.548. The fourth-order valence-electron chi connectivity index (χ4n) is 9.28. The highest BCUT2D eigenvalue weighted by atomic mass is 16.5. The maximum Gasteiger partial charge on any atom is 0.305 e. The molecule has 0 aliphatic carbocycles. The molecule has 65 heavy (non-hydrogen) atoms. The molecule has 0 saturated carbocycles. The van der Waals surface area contributed by atoms with E-state index < -0.39 is 12.1 Å². The minimum atomic E-state index is -0.670. The van der Waals surface area contributed by atoms with Crippen LogP contribution in [0.5, 0.6) is 0 Å². The molecule has 0 aromatic rings. The van der Waals surface area contributed by atoms with Gasteiger partial charge in [0.15, 0.2) is 0 Å². The molecule has 0 aliphatic heterocycles. The number of carbonyl (C=O) groups is 2. The van der Waals surface area contributed by atoms with Crippen LogP contribution >= 0.6 is 0 Å². The van der Waals surface area contributed by atoms with Gasteiger partial charge in [0, 0.05) is 12.8 Å². The Morgan fingerprint density at radius 1 is 0.415 bits per heavy atom. The predicted octanol–water partition coefficient (Wildman–Crippen LogP) is 18.1. The molecule has 2 unspecified atom stereocenters. The van der Waals surface area contributed by atoms with Gasteiger partial charge in [0.2, 0.25) is 5.91 Å². The smallest absolute Gasteiger partial charge is 0.305 e. The summed E-state index contributed by atoms with van der Waals surface area (Å²) in [6.45, 7) is 4.95. The molecule has 0 saturated heterocycles. The molecule has 0 aromatic carbocycles. The highest BCUT2D eigenvalue weighted by molar-refractivity contribution is 5.76. The summed E-state index contributed by atoms with van der Waals surface area (Å²) in [5, 5.41) is 23.3. The molecule has 0 fully saturated rings. The van der Waals surface area contributed by atoms with Gasteiger partial charge in [-0.2, -0.15) is 0 Å². The van der Waals surface area contributed by atoms with E-state index in [0.717, 1.165) is 51.4 Å². The van der Waals surface area contributed by atoms with Crippen LogP contribution in [-0.2, 0) is 14.3 Å². The maximum atomic E-state index is 12.5. The van der Waals surface area contributed by atoms with E-state index in [9.17, 15) is 19.8 Å². The number of esters is 1. The summed E-state index contributed by atoms with van der Waals surface area (Å²) >= 11 is 0. The number of unbranched alkanes of at least 4 members (excludes halogenated alkanes) is 42. The van der Waals surface area contributed by atoms with E-state index >= 15 is 0 Å². The Hall–Kier alpha value is -1.40. The van der Waals surface area contributed by atoms with Gasteiger partial charge in [-0.25, -0.2) is 0 Å². The van der Waals surface area contributed by atoms with Crippen molar-refractivity contribution in [1.82, 2.24) is 5.32 Å². The summed E-state index contributed by atoms with van der Waals surface area (Å²) in [4.78, 5) is 24.5. The van der Waals surface area contributed by atoms with Gasteiger partial charge in [0.25, 0.3) is 0 Å². The number of ether oxygens (including phenoxy) is 1. The normalized spacial score (nSPS) is 12.6. The lowest BCUT2D eigenvalue weighted by Crippen LogP contribution is -2.45. The van der Waals surface area contributed by atoms with E-state index in [0.29, 0.717) is 25.9 Å². The second-order valence-corrected chi connectivity index (χ2v) is 20.3. The summed E-state index contributed by atoms with van der Waals surface area (Å²) in [7, 11) is 0. The lowest BCUT2D eigenvalue weighted by molar-refractivity contribution is -0.143. The largest absolute Gasteiger partial charge is 0.466 e. The van der Waals surface area contributed by atoms with Crippen molar-refractivity contribution < 1.29 is 24.5 Å². The zero-order valence-electron chi connectivity index (χ0n) is 44.0. The molecular formula is C59H115NO5. The zero-order valence-corrected chi connectivity index (χ0v) is 44.0. The standard InChI is InChI=1S/C59H115NO5/c1-3-5-7-9-11-13-15-17-19-20-21-24-27-31-35-39-43-47-51-57(62)56(55-61)60-58(63)52-48-44-40-36-32-28-25-22-26-30-34-38-42-46-50-54-65-59(64)53-49-45-41-37-33-29-23-18-16-14-12-10-8-6-4-2/h18,23,56-57,61-62H,3-17,19-22,24-55H2,1-2H3,(H,60,63)/b23-18-. The lowest BCUT2D eigenvalue weighted by atomic mass is 10.0. The summed E-state index contributed by atoms with van der Waals surface area (Å²) in [5.74, 6) is -0.0471. The topological polar surface area (TPSA) is 95.9 Å². The van der Waals surface area contributed by atoms with Gasteiger partial charge in [0.1, 0.15) is 0 Å². The van der Waals surface area contributed by atoms with Gasteiger partial charge in [-0.3, -0.25) is 9.59 Å². The Labute approximate surface area is 406 Å². The van der Waals surface area contributed by atoms with Crippen LogP contribution in [0.15, 0.2) is 12.2 Å². The first-order chi connectivity index (χ1) is 32.0. The molecule has 0 rings (SSSR count). The third-order valence-electron chi connectivity index (χ3n) is 13.8. The average Bonchev–Trinajstić information content (AvgIpc) is 3.31. The van der Waals surface area contributed by atoms with Crippen molar-refractivity contribution in [2.75, 3.05) is 13.2 Å². The monoisotopic (exact) mass is 918 g/mol. The number of amides is 1. The van der Waals surface area contributed by atoms with Crippen molar-refractivity contribution in [1.29, 1.82) is 0 Å². The average molecular weight is 919 g/mol. The maximum absolute atomic E-state index is 12.5. The first kappa shape index (κ1) is 63.6. The fraction of sp³-hybridized carbons (Fsp3) is 0.932. The Balaban J connectivity index is 3.43. The van der Waals surface area contributed by atoms with Crippen LogP contribution in [0.25, 0.3) is 0 Å². The number of rotatable bonds is 55. The van der Waals surface area contributed by atoms with Gasteiger partial charge in [-0.1, -0.05) is 276 Å². The van der Waals surface area contributed by atoms with Crippen molar-refractivity contribution in [2.45, 2.75) is 341 Å². The van der Waals surface area contributed by atoms with Crippen LogP contribution in [0.2, 0.25) is 0 Å². The number of hydrogen-bond acceptors (Lipinski definition) is 5. The molecule has 0 bridgehead atoms. The van der Waals surface area contributed by atoms with Crippen LogP contribution in [0.4, 0.5) is 0 Å². The third-order valence-corrected chi connectivity index (χ3v) is 13.8. The molecule has 3 N–H and O–H groups in total. The summed E-state index contributed by atoms with van der Waals surface area (Å²) < 4.78 is 5.47. The fourth-order valence-corrected chi connectivity index (χ4v) is 9.28. The molecule has 0 aliphatic rings. The van der Waals surface area contributed by atoms with E-state index in [1.807, 2.05) is 0 Å². The zero-order chi connectivity index (χ0) is 47.2. The molecule has 386 valence electrons. The number of aliphatic hydroxyl groups excluding tert-OH is 2. The van der Waals surface area contributed by atoms with Gasteiger partial charge in [-0.05, 0) is 51.4 Å². The Morgan fingerprint density at radius 3 is 1.09 bits per heavy atom. The molecule has 6 nitrogen and oxygen atoms in total. The van der Waals surface area contributed by atoms with E-state index in [1.165, 1.54) is 244 Å². The number of hydrogen-bond donors (Lipinski definition) is 3. The highest BCUT2D eigenvalue weighted by Crippen LogP contribution is 2.18. The SMILES string of the molecule is CCCCCCCC/C=C\CCCCCCCC(=O)OCCCCCCCCCCCCCCCCCC(=O)NC(CO)C(O)CCCCCCCCCCCCCCCCCCCC. The number of aliphatic hydroxyl groups is 2. The molecule has 0 radical (unpaired) electrons. The Kier molecular flexibility index (Phi) is 54.0. The quantitative estimate of drug-likeness (QED) is 0.0321. The first-order valence-corrected chi connectivity index (χ1v) is 29.4. The molecule has 2 atom stereocenters. The molecular weight excluding hydrogens is 803 g/mol. The van der Waals surface area contributed by atoms with Crippen molar-refractivity contribution in [3.05, 3.63) is 12.2 Å². The second kappa shape index (κ2) is 55.2. The van der Waals surface area contributed by atoms with Gasteiger partial charge < -0.3 is 20.3 Å². The van der Waals surface area contributed by atoms with Crippen molar-refractivity contribution in [3.63, 3.8) is 0 Å². The molecule has 6 heteroatoms. The van der Waals surface area contributed by atoms with Crippen molar-refractivity contribution >= 4 is 11.9 Å². The van der Waals surface area contributed by atoms with Gasteiger partial charge >= 0.3 is 5.97 Å². The van der Waals surface area contributed by atoms with E-state index in [4.69, 9.17) is 4.74 Å². The van der Waals surface area contributed by atoms with Gasteiger partial charge in [0.05, 0.1) is 25.4 Å². The van der Waals surface area contributed by atoms with Crippen LogP contribution < -0.4 is 5.32 Å². The molecule has 0 heterocycles. The van der Waals surface area contributed by atoms with Crippen molar-refractivity contribution in [2.24, 2.45) is 0 Å². The van der Waals surface area contributed by atoms with Crippen LogP contribution in [0.1, 0.15) is 328 Å². The minimum Gasteiger partial charge on any atom is -0.466 e. The highest BCUT2D eigenvalue weighted by Gasteiger charge is 2.20.